The van der Waals surface area contributed by atoms with Gasteiger partial charge >= 0.3 is 0 Å². The van der Waals surface area contributed by atoms with E-state index in [0.717, 1.165) is 16.9 Å². The van der Waals surface area contributed by atoms with Crippen LogP contribution in [0.3, 0.4) is 0 Å². The summed E-state index contributed by atoms with van der Waals surface area (Å²) in [6.45, 7) is 4.07. The Kier molecular flexibility index (Phi) is 5.15. The van der Waals surface area contributed by atoms with Crippen molar-refractivity contribution in [2.75, 3.05) is 6.61 Å². The first kappa shape index (κ1) is 12.6. The smallest absolute Gasteiger partial charge is 0.0772 e. The van der Waals surface area contributed by atoms with E-state index in [1.807, 2.05) is 24.3 Å². The average Bonchev–Trinajstić information content (AvgIpc) is 2.18. The van der Waals surface area contributed by atoms with Crippen LogP contribution in [0.5, 0.6) is 0 Å². The first-order chi connectivity index (χ1) is 7.15. The van der Waals surface area contributed by atoms with Gasteiger partial charge in [-0.2, -0.15) is 0 Å². The summed E-state index contributed by atoms with van der Waals surface area (Å²) < 4.78 is 0. The lowest BCUT2D eigenvalue weighted by Gasteiger charge is -2.14. The van der Waals surface area contributed by atoms with Crippen molar-refractivity contribution in [3.05, 3.63) is 29.8 Å². The van der Waals surface area contributed by atoms with E-state index in [1.165, 1.54) is 0 Å². The Morgan fingerprint density at radius 2 is 1.93 bits per heavy atom. The number of thioether (sulfide) groups is 1. The van der Waals surface area contributed by atoms with Crippen molar-refractivity contribution in [1.29, 1.82) is 0 Å². The lowest BCUT2D eigenvalue weighted by molar-refractivity contribution is 0.196. The summed E-state index contributed by atoms with van der Waals surface area (Å²) in [6, 6.07) is 7.86. The van der Waals surface area contributed by atoms with Crippen LogP contribution in [0.1, 0.15) is 31.9 Å². The average molecular weight is 226 g/mol. The Hall–Kier alpha value is -0.510. The van der Waals surface area contributed by atoms with Gasteiger partial charge in [0.15, 0.2) is 0 Å². The molecule has 0 saturated carbocycles. The second kappa shape index (κ2) is 6.16. The first-order valence-electron chi connectivity index (χ1n) is 5.19. The van der Waals surface area contributed by atoms with Crippen molar-refractivity contribution < 1.29 is 10.2 Å². The van der Waals surface area contributed by atoms with Crippen LogP contribution < -0.4 is 0 Å². The van der Waals surface area contributed by atoms with Crippen LogP contribution in [-0.4, -0.2) is 22.1 Å². The lowest BCUT2D eigenvalue weighted by Crippen LogP contribution is -2.01. The molecule has 2 N–H and O–H groups in total. The van der Waals surface area contributed by atoms with Crippen molar-refractivity contribution in [1.82, 2.24) is 0 Å². The lowest BCUT2D eigenvalue weighted by atomic mass is 10.1. The summed E-state index contributed by atoms with van der Waals surface area (Å²) in [5.74, 6) is 0. The fourth-order valence-corrected chi connectivity index (χ4v) is 2.58. The molecule has 2 nitrogen and oxygen atoms in total. The van der Waals surface area contributed by atoms with E-state index in [9.17, 15) is 5.11 Å². The van der Waals surface area contributed by atoms with Gasteiger partial charge < -0.3 is 10.2 Å². The Morgan fingerprint density at radius 1 is 1.27 bits per heavy atom. The molecule has 3 heteroatoms. The largest absolute Gasteiger partial charge is 0.396 e. The number of hydrogen-bond acceptors (Lipinski definition) is 3. The summed E-state index contributed by atoms with van der Waals surface area (Å²) in [6.07, 6.45) is 0.341. The topological polar surface area (TPSA) is 40.5 Å². The zero-order chi connectivity index (χ0) is 11.3. The van der Waals surface area contributed by atoms with Crippen LogP contribution in [0.2, 0.25) is 0 Å². The van der Waals surface area contributed by atoms with Crippen molar-refractivity contribution in [3.8, 4) is 0 Å². The quantitative estimate of drug-likeness (QED) is 0.758. The van der Waals surface area contributed by atoms with Gasteiger partial charge in [-0.15, -0.1) is 11.8 Å². The van der Waals surface area contributed by atoms with E-state index in [4.69, 9.17) is 5.11 Å². The van der Waals surface area contributed by atoms with Gasteiger partial charge in [-0.25, -0.2) is 0 Å². The van der Waals surface area contributed by atoms with E-state index in [0.29, 0.717) is 5.25 Å². The third-order valence-electron chi connectivity index (χ3n) is 2.23. The zero-order valence-electron chi connectivity index (χ0n) is 9.18. The molecule has 0 heterocycles. The highest BCUT2D eigenvalue weighted by atomic mass is 32.2. The molecule has 1 rings (SSSR count). The standard InChI is InChI=1S/C12H18O2S/c1-9(7-8-13)15-12-6-4-3-5-11(12)10(2)14/h3-6,9-10,13-14H,7-8H2,1-2H3/t9?,10-/m1/s1. The molecule has 0 aliphatic heterocycles. The highest BCUT2D eigenvalue weighted by molar-refractivity contribution is 8.00. The fourth-order valence-electron chi connectivity index (χ4n) is 1.39. The molecule has 0 saturated heterocycles. The van der Waals surface area contributed by atoms with Crippen LogP contribution in [0.4, 0.5) is 0 Å². The number of hydrogen-bond donors (Lipinski definition) is 2. The van der Waals surface area contributed by atoms with Gasteiger partial charge in [0.25, 0.3) is 0 Å². The predicted molar refractivity (Wildman–Crippen MR) is 64.1 cm³/mol. The maximum atomic E-state index is 9.58. The third kappa shape index (κ3) is 3.86. The van der Waals surface area contributed by atoms with Gasteiger partial charge in [0, 0.05) is 16.8 Å². The predicted octanol–water partition coefficient (Wildman–Crippen LogP) is 2.60. The monoisotopic (exact) mass is 226 g/mol. The molecule has 1 aromatic carbocycles. The van der Waals surface area contributed by atoms with Gasteiger partial charge in [-0.1, -0.05) is 25.1 Å². The minimum absolute atomic E-state index is 0.213. The minimum atomic E-state index is -0.435. The third-order valence-corrected chi connectivity index (χ3v) is 3.50. The normalized spacial score (nSPS) is 14.9. The molecule has 2 atom stereocenters. The van der Waals surface area contributed by atoms with Gasteiger partial charge in [-0.05, 0) is 25.0 Å². The Labute approximate surface area is 95.3 Å². The van der Waals surface area contributed by atoms with E-state index < -0.39 is 6.10 Å². The fraction of sp³-hybridized carbons (Fsp3) is 0.500. The summed E-state index contributed by atoms with van der Waals surface area (Å²) in [4.78, 5) is 1.11. The highest BCUT2D eigenvalue weighted by Crippen LogP contribution is 2.31. The molecule has 0 bridgehead atoms. The van der Waals surface area contributed by atoms with E-state index in [-0.39, 0.29) is 6.61 Å². The van der Waals surface area contributed by atoms with Gasteiger partial charge in [-0.3, -0.25) is 0 Å². The van der Waals surface area contributed by atoms with Gasteiger partial charge in [0.2, 0.25) is 0 Å². The first-order valence-corrected chi connectivity index (χ1v) is 6.07. The van der Waals surface area contributed by atoms with Crippen molar-refractivity contribution in [2.24, 2.45) is 0 Å². The van der Waals surface area contributed by atoms with Crippen molar-refractivity contribution in [3.63, 3.8) is 0 Å². The van der Waals surface area contributed by atoms with E-state index >= 15 is 0 Å². The summed E-state index contributed by atoms with van der Waals surface area (Å²) in [7, 11) is 0. The Morgan fingerprint density at radius 3 is 2.53 bits per heavy atom. The molecule has 1 aromatic rings. The molecule has 1 unspecified atom stereocenters. The number of rotatable bonds is 5. The summed E-state index contributed by atoms with van der Waals surface area (Å²) in [5, 5.41) is 18.8. The maximum Gasteiger partial charge on any atom is 0.0772 e. The van der Waals surface area contributed by atoms with Crippen LogP contribution in [0.25, 0.3) is 0 Å². The summed E-state index contributed by atoms with van der Waals surface area (Å²) in [5.41, 5.74) is 0.965. The van der Waals surface area contributed by atoms with Crippen LogP contribution in [0, 0.1) is 0 Å². The Bertz CT molecular complexity index is 299. The maximum absolute atomic E-state index is 9.58. The number of aliphatic hydroxyl groups is 2. The molecular weight excluding hydrogens is 208 g/mol. The minimum Gasteiger partial charge on any atom is -0.396 e. The van der Waals surface area contributed by atoms with Gasteiger partial charge in [0.05, 0.1) is 6.10 Å². The number of aliphatic hydroxyl groups excluding tert-OH is 2. The molecule has 0 fully saturated rings. The van der Waals surface area contributed by atoms with E-state index in [2.05, 4.69) is 6.92 Å². The molecule has 84 valence electrons. The molecule has 15 heavy (non-hydrogen) atoms. The van der Waals surface area contributed by atoms with Crippen LogP contribution in [-0.2, 0) is 0 Å². The molecule has 0 spiro atoms. The van der Waals surface area contributed by atoms with Crippen molar-refractivity contribution in [2.45, 2.75) is 36.5 Å². The Balaban J connectivity index is 2.75. The molecule has 0 radical (unpaired) electrons. The number of benzene rings is 1. The van der Waals surface area contributed by atoms with Crippen molar-refractivity contribution >= 4 is 11.8 Å². The molecule has 0 aliphatic carbocycles. The molecule has 0 amide bonds. The molecular formula is C12H18O2S. The van der Waals surface area contributed by atoms with Crippen LogP contribution in [0.15, 0.2) is 29.2 Å². The molecule has 0 aliphatic rings. The second-order valence-electron chi connectivity index (χ2n) is 3.65. The molecule has 0 aromatic heterocycles. The van der Waals surface area contributed by atoms with Crippen LogP contribution >= 0.6 is 11.8 Å². The van der Waals surface area contributed by atoms with E-state index in [1.54, 1.807) is 18.7 Å². The SMILES string of the molecule is CC(CCO)Sc1ccccc1[C@@H](C)O. The summed E-state index contributed by atoms with van der Waals surface area (Å²) >= 11 is 1.70. The second-order valence-corrected chi connectivity index (χ2v) is 5.13. The highest BCUT2D eigenvalue weighted by Gasteiger charge is 2.10. The van der Waals surface area contributed by atoms with Gasteiger partial charge in [0.1, 0.15) is 0 Å². The zero-order valence-corrected chi connectivity index (χ0v) is 10.00.